The third-order valence-electron chi connectivity index (χ3n) is 3.72. The second-order valence-corrected chi connectivity index (χ2v) is 5.86. The van der Waals surface area contributed by atoms with Crippen molar-refractivity contribution in [2.45, 2.75) is 33.1 Å². The van der Waals surface area contributed by atoms with E-state index in [4.69, 9.17) is 5.26 Å². The molecular weight excluding hydrogens is 286 g/mol. The summed E-state index contributed by atoms with van der Waals surface area (Å²) < 4.78 is 0. The van der Waals surface area contributed by atoms with Gasteiger partial charge in [0.05, 0.1) is 6.07 Å². The van der Waals surface area contributed by atoms with Crippen LogP contribution in [0.5, 0.6) is 0 Å². The maximum Gasteiger partial charge on any atom is 0.0915 e. The quantitative estimate of drug-likeness (QED) is 0.593. The highest BCUT2D eigenvalue weighted by molar-refractivity contribution is 9.09. The number of halogens is 1. The van der Waals surface area contributed by atoms with Crippen molar-refractivity contribution in [1.29, 1.82) is 5.26 Å². The van der Waals surface area contributed by atoms with E-state index >= 15 is 0 Å². The van der Waals surface area contributed by atoms with Crippen LogP contribution >= 0.6 is 15.9 Å². The van der Waals surface area contributed by atoms with Crippen molar-refractivity contribution < 1.29 is 0 Å². The molecule has 1 aliphatic carbocycles. The maximum atomic E-state index is 9.00. The minimum atomic E-state index is 0.526. The van der Waals surface area contributed by atoms with Gasteiger partial charge in [-0.1, -0.05) is 33.6 Å². The van der Waals surface area contributed by atoms with Gasteiger partial charge in [0.1, 0.15) is 0 Å². The third-order valence-corrected chi connectivity index (χ3v) is 4.29. The molecule has 0 N–H and O–H groups in total. The molecule has 1 aromatic rings. The summed E-state index contributed by atoms with van der Waals surface area (Å²) in [6, 6.07) is 6.70. The minimum Gasteiger partial charge on any atom is -0.193 e. The lowest BCUT2D eigenvalue weighted by Crippen LogP contribution is -1.99. The first-order valence-corrected chi connectivity index (χ1v) is 7.55. The standard InChI is InChI=1S/C16H18BrN/c1-11-8-12(2)15-10-13(4-3-6-17)14(5-7-18)16(15)9-11/h5,8-9,13H,3-4,6,10H2,1-2H3/b14-5+. The summed E-state index contributed by atoms with van der Waals surface area (Å²) in [5.74, 6) is 0.526. The van der Waals surface area contributed by atoms with Gasteiger partial charge in [-0.25, -0.2) is 0 Å². The number of allylic oxidation sites excluding steroid dienone is 2. The summed E-state index contributed by atoms with van der Waals surface area (Å²) >= 11 is 3.49. The van der Waals surface area contributed by atoms with Gasteiger partial charge < -0.3 is 0 Å². The van der Waals surface area contributed by atoms with Crippen LogP contribution < -0.4 is 0 Å². The number of hydrogen-bond acceptors (Lipinski definition) is 1. The lowest BCUT2D eigenvalue weighted by molar-refractivity contribution is 0.616. The Morgan fingerprint density at radius 1 is 1.44 bits per heavy atom. The van der Waals surface area contributed by atoms with Gasteiger partial charge in [0.25, 0.3) is 0 Å². The molecule has 94 valence electrons. The number of hydrogen-bond donors (Lipinski definition) is 0. The van der Waals surface area contributed by atoms with E-state index in [0.717, 1.165) is 18.2 Å². The van der Waals surface area contributed by atoms with Gasteiger partial charge in [0.2, 0.25) is 0 Å². The largest absolute Gasteiger partial charge is 0.193 e. The molecule has 0 saturated heterocycles. The first-order chi connectivity index (χ1) is 8.67. The van der Waals surface area contributed by atoms with Crippen LogP contribution in [-0.2, 0) is 6.42 Å². The number of nitriles is 1. The lowest BCUT2D eigenvalue weighted by Gasteiger charge is -2.10. The number of aryl methyl sites for hydroxylation is 2. The minimum absolute atomic E-state index is 0.526. The van der Waals surface area contributed by atoms with Crippen LogP contribution in [0.2, 0.25) is 0 Å². The van der Waals surface area contributed by atoms with E-state index in [9.17, 15) is 0 Å². The van der Waals surface area contributed by atoms with Crippen molar-refractivity contribution in [2.24, 2.45) is 5.92 Å². The van der Waals surface area contributed by atoms with E-state index in [0.29, 0.717) is 5.92 Å². The zero-order valence-electron chi connectivity index (χ0n) is 11.0. The first-order valence-electron chi connectivity index (χ1n) is 6.43. The molecule has 0 bridgehead atoms. The zero-order valence-corrected chi connectivity index (χ0v) is 12.5. The Labute approximate surface area is 118 Å². The van der Waals surface area contributed by atoms with Crippen molar-refractivity contribution in [3.05, 3.63) is 40.5 Å². The molecule has 0 aliphatic heterocycles. The van der Waals surface area contributed by atoms with Crippen LogP contribution in [0.3, 0.4) is 0 Å². The Bertz CT molecular complexity index is 523. The fourth-order valence-electron chi connectivity index (χ4n) is 2.95. The molecule has 1 nitrogen and oxygen atoms in total. The summed E-state index contributed by atoms with van der Waals surface area (Å²) in [6.45, 7) is 4.31. The Kier molecular flexibility index (Phi) is 4.24. The average Bonchev–Trinajstić information content (AvgIpc) is 2.66. The zero-order chi connectivity index (χ0) is 13.1. The molecular formula is C16H18BrN. The van der Waals surface area contributed by atoms with Crippen molar-refractivity contribution in [3.8, 4) is 6.07 Å². The second kappa shape index (κ2) is 5.71. The van der Waals surface area contributed by atoms with Gasteiger partial charge in [-0.05, 0) is 61.3 Å². The summed E-state index contributed by atoms with van der Waals surface area (Å²) in [5.41, 5.74) is 6.67. The predicted molar refractivity (Wildman–Crippen MR) is 79.7 cm³/mol. The van der Waals surface area contributed by atoms with Crippen molar-refractivity contribution in [1.82, 2.24) is 0 Å². The van der Waals surface area contributed by atoms with Gasteiger partial charge in [0, 0.05) is 11.4 Å². The van der Waals surface area contributed by atoms with Gasteiger partial charge in [0.15, 0.2) is 0 Å². The highest BCUT2D eigenvalue weighted by atomic mass is 79.9. The van der Waals surface area contributed by atoms with Crippen LogP contribution in [0.25, 0.3) is 5.57 Å². The molecule has 0 heterocycles. The molecule has 0 radical (unpaired) electrons. The van der Waals surface area contributed by atoms with Crippen LogP contribution in [0.4, 0.5) is 0 Å². The van der Waals surface area contributed by atoms with E-state index in [1.54, 1.807) is 6.08 Å². The highest BCUT2D eigenvalue weighted by Gasteiger charge is 2.27. The van der Waals surface area contributed by atoms with Gasteiger partial charge in [-0.3, -0.25) is 0 Å². The van der Waals surface area contributed by atoms with Crippen LogP contribution in [0, 0.1) is 31.1 Å². The molecule has 1 aromatic carbocycles. The first kappa shape index (κ1) is 13.4. The fraction of sp³-hybridized carbons (Fsp3) is 0.438. The van der Waals surface area contributed by atoms with E-state index in [1.165, 1.54) is 34.2 Å². The number of rotatable bonds is 3. The molecule has 1 aliphatic rings. The lowest BCUT2D eigenvalue weighted by atomic mass is 9.95. The smallest absolute Gasteiger partial charge is 0.0915 e. The topological polar surface area (TPSA) is 23.8 Å². The van der Waals surface area contributed by atoms with E-state index in [2.05, 4.69) is 48.0 Å². The SMILES string of the molecule is Cc1cc(C)c2c(c1)/C(=C/C#N)C(CCCBr)C2. The molecule has 1 unspecified atom stereocenters. The van der Waals surface area contributed by atoms with Gasteiger partial charge in [-0.2, -0.15) is 5.26 Å². The van der Waals surface area contributed by atoms with E-state index in [1.807, 2.05) is 0 Å². The molecule has 0 saturated carbocycles. The number of benzene rings is 1. The molecule has 0 aromatic heterocycles. The molecule has 1 atom stereocenters. The highest BCUT2D eigenvalue weighted by Crippen LogP contribution is 2.41. The van der Waals surface area contributed by atoms with Gasteiger partial charge in [-0.15, -0.1) is 0 Å². The van der Waals surface area contributed by atoms with Crippen LogP contribution in [0.15, 0.2) is 18.2 Å². The van der Waals surface area contributed by atoms with E-state index in [-0.39, 0.29) is 0 Å². The molecule has 0 fully saturated rings. The average molecular weight is 304 g/mol. The molecule has 2 heteroatoms. The van der Waals surface area contributed by atoms with Crippen LogP contribution in [0.1, 0.15) is 35.1 Å². The summed E-state index contributed by atoms with van der Waals surface area (Å²) in [5, 5.41) is 10.0. The Morgan fingerprint density at radius 2 is 2.22 bits per heavy atom. The number of alkyl halides is 1. The monoisotopic (exact) mass is 303 g/mol. The molecule has 0 amide bonds. The Hall–Kier alpha value is -1.07. The van der Waals surface area contributed by atoms with Crippen LogP contribution in [-0.4, -0.2) is 5.33 Å². The number of nitrogens with zero attached hydrogens (tertiary/aromatic N) is 1. The molecule has 0 spiro atoms. The van der Waals surface area contributed by atoms with Crippen molar-refractivity contribution in [2.75, 3.05) is 5.33 Å². The third kappa shape index (κ3) is 2.52. The van der Waals surface area contributed by atoms with Crippen molar-refractivity contribution in [3.63, 3.8) is 0 Å². The van der Waals surface area contributed by atoms with Crippen molar-refractivity contribution >= 4 is 21.5 Å². The maximum absolute atomic E-state index is 9.00. The Morgan fingerprint density at radius 3 is 2.89 bits per heavy atom. The van der Waals surface area contributed by atoms with E-state index < -0.39 is 0 Å². The number of fused-ring (bicyclic) bond motifs is 1. The molecule has 18 heavy (non-hydrogen) atoms. The molecule has 2 rings (SSSR count). The van der Waals surface area contributed by atoms with Gasteiger partial charge >= 0.3 is 0 Å². The Balaban J connectivity index is 2.41. The summed E-state index contributed by atoms with van der Waals surface area (Å²) in [4.78, 5) is 0. The second-order valence-electron chi connectivity index (χ2n) is 5.07. The predicted octanol–water partition coefficient (Wildman–Crippen LogP) is 4.56. The fourth-order valence-corrected chi connectivity index (χ4v) is 3.27. The summed E-state index contributed by atoms with van der Waals surface area (Å²) in [7, 11) is 0. The normalized spacial score (nSPS) is 19.9. The summed E-state index contributed by atoms with van der Waals surface area (Å²) in [6.07, 6.45) is 5.18.